The molecule has 0 aliphatic carbocycles. The van der Waals surface area contributed by atoms with Gasteiger partial charge in [-0.3, -0.25) is 0 Å². The van der Waals surface area contributed by atoms with E-state index in [0.29, 0.717) is 5.92 Å². The van der Waals surface area contributed by atoms with Crippen molar-refractivity contribution in [1.29, 1.82) is 0 Å². The summed E-state index contributed by atoms with van der Waals surface area (Å²) in [5.74, 6) is 0.465. The predicted molar refractivity (Wildman–Crippen MR) is 70.1 cm³/mol. The number of anilines is 1. The molecule has 106 valence electrons. The Morgan fingerprint density at radius 2 is 2.32 bits per heavy atom. The van der Waals surface area contributed by atoms with E-state index in [2.05, 4.69) is 10.1 Å². The smallest absolute Gasteiger partial charge is 0.387 e. The molecule has 1 unspecified atom stereocenters. The first kappa shape index (κ1) is 14.3. The van der Waals surface area contributed by atoms with Crippen LogP contribution in [0.15, 0.2) is 18.2 Å². The Hall–Kier alpha value is -1.07. The topological polar surface area (TPSA) is 30.5 Å². The summed E-state index contributed by atoms with van der Waals surface area (Å²) in [4.78, 5) is 0. The first-order valence-corrected chi connectivity index (χ1v) is 6.59. The summed E-state index contributed by atoms with van der Waals surface area (Å²) >= 11 is 5.87. The molecule has 1 aliphatic rings. The first-order chi connectivity index (χ1) is 9.15. The molecule has 1 aromatic carbocycles. The maximum Gasteiger partial charge on any atom is 0.387 e. The van der Waals surface area contributed by atoms with Gasteiger partial charge >= 0.3 is 6.61 Å². The minimum Gasteiger partial charge on any atom is -0.433 e. The van der Waals surface area contributed by atoms with E-state index in [-0.39, 0.29) is 10.8 Å². The fourth-order valence-electron chi connectivity index (χ4n) is 2.03. The highest BCUT2D eigenvalue weighted by Gasteiger charge is 2.14. The van der Waals surface area contributed by atoms with Crippen LogP contribution >= 0.6 is 11.6 Å². The van der Waals surface area contributed by atoms with Gasteiger partial charge in [-0.25, -0.2) is 0 Å². The number of hydrogen-bond donors (Lipinski definition) is 1. The van der Waals surface area contributed by atoms with Gasteiger partial charge in [-0.1, -0.05) is 11.6 Å². The Bertz CT molecular complexity index is 412. The van der Waals surface area contributed by atoms with Crippen molar-refractivity contribution in [2.45, 2.75) is 19.5 Å². The lowest BCUT2D eigenvalue weighted by Gasteiger charge is -2.22. The average Bonchev–Trinajstić information content (AvgIpc) is 2.40. The van der Waals surface area contributed by atoms with Gasteiger partial charge in [0.25, 0.3) is 0 Å². The second-order valence-electron chi connectivity index (χ2n) is 4.49. The Kier molecular flexibility index (Phi) is 5.22. The van der Waals surface area contributed by atoms with Gasteiger partial charge in [0, 0.05) is 18.8 Å². The lowest BCUT2D eigenvalue weighted by molar-refractivity contribution is -0.0497. The maximum absolute atomic E-state index is 12.1. The summed E-state index contributed by atoms with van der Waals surface area (Å²) in [6.07, 6.45) is 2.21. The molecule has 0 bridgehead atoms. The van der Waals surface area contributed by atoms with Crippen molar-refractivity contribution in [2.24, 2.45) is 5.92 Å². The van der Waals surface area contributed by atoms with Gasteiger partial charge in [0.05, 0.1) is 11.6 Å². The molecule has 0 spiro atoms. The van der Waals surface area contributed by atoms with E-state index in [9.17, 15) is 8.78 Å². The van der Waals surface area contributed by atoms with Crippen LogP contribution in [0.3, 0.4) is 0 Å². The lowest BCUT2D eigenvalue weighted by atomic mass is 10.0. The number of ether oxygens (including phenoxy) is 2. The number of alkyl halides is 2. The molecule has 1 aliphatic heterocycles. The summed E-state index contributed by atoms with van der Waals surface area (Å²) in [5, 5.41) is 3.40. The van der Waals surface area contributed by atoms with Crippen molar-refractivity contribution in [3.05, 3.63) is 23.2 Å². The third-order valence-corrected chi connectivity index (χ3v) is 3.29. The van der Waals surface area contributed by atoms with E-state index in [1.165, 1.54) is 6.07 Å². The van der Waals surface area contributed by atoms with E-state index >= 15 is 0 Å². The van der Waals surface area contributed by atoms with Crippen LogP contribution in [-0.2, 0) is 4.74 Å². The Labute approximate surface area is 115 Å². The lowest BCUT2D eigenvalue weighted by Crippen LogP contribution is -2.24. The van der Waals surface area contributed by atoms with Crippen molar-refractivity contribution in [1.82, 2.24) is 0 Å². The van der Waals surface area contributed by atoms with Gasteiger partial charge in [-0.05, 0) is 37.0 Å². The zero-order chi connectivity index (χ0) is 13.7. The molecular formula is C13H16ClF2NO2. The molecule has 19 heavy (non-hydrogen) atoms. The molecule has 6 heteroatoms. The summed E-state index contributed by atoms with van der Waals surface area (Å²) < 4.78 is 33.8. The minimum absolute atomic E-state index is 0.0109. The van der Waals surface area contributed by atoms with Crippen LogP contribution in [-0.4, -0.2) is 26.4 Å². The molecule has 0 amide bonds. The number of nitrogens with one attached hydrogen (secondary N) is 1. The van der Waals surface area contributed by atoms with E-state index in [1.54, 1.807) is 12.1 Å². The van der Waals surface area contributed by atoms with Crippen LogP contribution in [0.4, 0.5) is 14.5 Å². The Morgan fingerprint density at radius 3 is 2.95 bits per heavy atom. The highest BCUT2D eigenvalue weighted by Crippen LogP contribution is 2.29. The highest BCUT2D eigenvalue weighted by atomic mass is 35.5. The third-order valence-electron chi connectivity index (χ3n) is 3.00. The standard InChI is InChI=1S/C13H16ClF2NO2/c14-11-6-10(3-4-12(11)19-13(15)16)17-7-9-2-1-5-18-8-9/h3-4,6,9,13,17H,1-2,5,7-8H2. The average molecular weight is 292 g/mol. The largest absolute Gasteiger partial charge is 0.433 e. The minimum atomic E-state index is -2.87. The van der Waals surface area contributed by atoms with Crippen molar-refractivity contribution in [3.63, 3.8) is 0 Å². The van der Waals surface area contributed by atoms with Gasteiger partial charge in [0.1, 0.15) is 5.75 Å². The highest BCUT2D eigenvalue weighted by molar-refractivity contribution is 6.32. The van der Waals surface area contributed by atoms with Crippen LogP contribution in [0, 0.1) is 5.92 Å². The van der Waals surface area contributed by atoms with E-state index in [4.69, 9.17) is 16.3 Å². The van der Waals surface area contributed by atoms with Crippen molar-refractivity contribution < 1.29 is 18.3 Å². The van der Waals surface area contributed by atoms with E-state index in [0.717, 1.165) is 38.3 Å². The summed E-state index contributed by atoms with van der Waals surface area (Å²) in [6.45, 7) is -0.489. The van der Waals surface area contributed by atoms with Gasteiger partial charge in [-0.15, -0.1) is 0 Å². The molecule has 1 N–H and O–H groups in total. The van der Waals surface area contributed by atoms with Crippen molar-refractivity contribution in [2.75, 3.05) is 25.1 Å². The fourth-order valence-corrected chi connectivity index (χ4v) is 2.26. The summed E-state index contributed by atoms with van der Waals surface area (Å²) in [6, 6.07) is 4.70. The van der Waals surface area contributed by atoms with Crippen LogP contribution in [0.1, 0.15) is 12.8 Å². The summed E-state index contributed by atoms with van der Waals surface area (Å²) in [5.41, 5.74) is 0.789. The molecule has 3 nitrogen and oxygen atoms in total. The molecule has 0 aromatic heterocycles. The normalized spacial score (nSPS) is 19.5. The van der Waals surface area contributed by atoms with Crippen LogP contribution in [0.25, 0.3) is 0 Å². The fraction of sp³-hybridized carbons (Fsp3) is 0.538. The summed E-state index contributed by atoms with van der Waals surface area (Å²) in [7, 11) is 0. The van der Waals surface area contributed by atoms with E-state index in [1.807, 2.05) is 0 Å². The van der Waals surface area contributed by atoms with Gasteiger partial charge < -0.3 is 14.8 Å². The van der Waals surface area contributed by atoms with Crippen molar-refractivity contribution >= 4 is 17.3 Å². The Morgan fingerprint density at radius 1 is 1.47 bits per heavy atom. The van der Waals surface area contributed by atoms with Crippen LogP contribution in [0.2, 0.25) is 5.02 Å². The van der Waals surface area contributed by atoms with Gasteiger partial charge in [0.2, 0.25) is 0 Å². The second-order valence-corrected chi connectivity index (χ2v) is 4.89. The van der Waals surface area contributed by atoms with Crippen LogP contribution < -0.4 is 10.1 Å². The van der Waals surface area contributed by atoms with Gasteiger partial charge in [-0.2, -0.15) is 8.78 Å². The molecule has 2 rings (SSSR count). The number of halogens is 3. The predicted octanol–water partition coefficient (Wildman–Crippen LogP) is 3.78. The molecular weight excluding hydrogens is 276 g/mol. The monoisotopic (exact) mass is 291 g/mol. The van der Waals surface area contributed by atoms with Crippen molar-refractivity contribution in [3.8, 4) is 5.75 Å². The first-order valence-electron chi connectivity index (χ1n) is 6.21. The molecule has 1 saturated heterocycles. The number of hydrogen-bond acceptors (Lipinski definition) is 3. The quantitative estimate of drug-likeness (QED) is 0.895. The SMILES string of the molecule is FC(F)Oc1ccc(NCC2CCCOC2)cc1Cl. The second kappa shape index (κ2) is 6.91. The molecule has 1 aromatic rings. The maximum atomic E-state index is 12.1. The van der Waals surface area contributed by atoms with Gasteiger partial charge in [0.15, 0.2) is 0 Å². The third kappa shape index (κ3) is 4.51. The molecule has 0 saturated carbocycles. The zero-order valence-electron chi connectivity index (χ0n) is 10.4. The van der Waals surface area contributed by atoms with Crippen LogP contribution in [0.5, 0.6) is 5.75 Å². The van der Waals surface area contributed by atoms with E-state index < -0.39 is 6.61 Å². The number of benzene rings is 1. The molecule has 1 atom stereocenters. The molecule has 1 heterocycles. The number of rotatable bonds is 5. The Balaban J connectivity index is 1.88. The zero-order valence-corrected chi connectivity index (χ0v) is 11.1. The molecule has 1 fully saturated rings. The molecule has 0 radical (unpaired) electrons.